The molecular weight excluding hydrogens is 398 g/mol. The molecule has 9 heteroatoms. The molecule has 0 radical (unpaired) electrons. The van der Waals surface area contributed by atoms with Gasteiger partial charge in [0, 0.05) is 21.4 Å². The van der Waals surface area contributed by atoms with Gasteiger partial charge in [0.05, 0.1) is 10.7 Å². The molecule has 0 bridgehead atoms. The summed E-state index contributed by atoms with van der Waals surface area (Å²) >= 11 is 8.86. The SMILES string of the molecule is NC1=NS(=O)(=O)c2cc(-c3nc(-c4ccccc4)cs3)c(Cl)cc2S1. The smallest absolute Gasteiger partial charge is 0.285 e. The van der Waals surface area contributed by atoms with E-state index in [1.807, 2.05) is 35.7 Å². The number of sulfonamides is 1. The average Bonchev–Trinajstić information content (AvgIpc) is 3.04. The summed E-state index contributed by atoms with van der Waals surface area (Å²) in [5.41, 5.74) is 7.93. The van der Waals surface area contributed by atoms with Crippen LogP contribution in [0.3, 0.4) is 0 Å². The number of nitrogens with two attached hydrogens (primary N) is 1. The van der Waals surface area contributed by atoms with Crippen molar-refractivity contribution in [3.8, 4) is 21.8 Å². The molecular formula is C16H10ClN3O2S3. The van der Waals surface area contributed by atoms with Crippen molar-refractivity contribution in [2.75, 3.05) is 0 Å². The summed E-state index contributed by atoms with van der Waals surface area (Å²) in [5, 5.41) is 2.97. The number of rotatable bonds is 2. The van der Waals surface area contributed by atoms with E-state index in [2.05, 4.69) is 9.38 Å². The largest absolute Gasteiger partial charge is 0.377 e. The molecule has 1 aromatic heterocycles. The Labute approximate surface area is 157 Å². The van der Waals surface area contributed by atoms with Crippen molar-refractivity contribution in [2.24, 2.45) is 10.1 Å². The van der Waals surface area contributed by atoms with Crippen LogP contribution < -0.4 is 5.73 Å². The third-order valence-electron chi connectivity index (χ3n) is 3.54. The molecule has 2 N–H and O–H groups in total. The molecule has 3 aromatic rings. The maximum absolute atomic E-state index is 12.3. The number of fused-ring (bicyclic) bond motifs is 1. The van der Waals surface area contributed by atoms with Crippen LogP contribution in [0.4, 0.5) is 0 Å². The minimum Gasteiger partial charge on any atom is -0.377 e. The van der Waals surface area contributed by atoms with Gasteiger partial charge >= 0.3 is 0 Å². The van der Waals surface area contributed by atoms with Gasteiger partial charge in [-0.05, 0) is 12.1 Å². The number of nitrogens with zero attached hydrogens (tertiary/aromatic N) is 2. The number of thiazole rings is 1. The third kappa shape index (κ3) is 3.06. The van der Waals surface area contributed by atoms with Gasteiger partial charge in [0.1, 0.15) is 9.90 Å². The summed E-state index contributed by atoms with van der Waals surface area (Å²) < 4.78 is 28.1. The lowest BCUT2D eigenvalue weighted by atomic mass is 10.2. The molecule has 0 atom stereocenters. The topological polar surface area (TPSA) is 85.4 Å². The molecule has 0 unspecified atom stereocenters. The molecule has 2 aromatic carbocycles. The number of hydrogen-bond donors (Lipinski definition) is 1. The first-order valence-electron chi connectivity index (χ1n) is 7.07. The minimum atomic E-state index is -3.82. The van der Waals surface area contributed by atoms with Crippen molar-refractivity contribution in [3.05, 3.63) is 52.9 Å². The third-order valence-corrected chi connectivity index (χ3v) is 7.16. The Balaban J connectivity index is 1.83. The minimum absolute atomic E-state index is 0.0167. The monoisotopic (exact) mass is 407 g/mol. The summed E-state index contributed by atoms with van der Waals surface area (Å²) in [6.07, 6.45) is 0. The van der Waals surface area contributed by atoms with Crippen LogP contribution in [0.25, 0.3) is 21.8 Å². The lowest BCUT2D eigenvalue weighted by Crippen LogP contribution is -2.16. The Hall–Kier alpha value is -1.87. The van der Waals surface area contributed by atoms with E-state index < -0.39 is 10.0 Å². The van der Waals surface area contributed by atoms with E-state index in [1.54, 1.807) is 6.07 Å². The zero-order valence-corrected chi connectivity index (χ0v) is 15.7. The van der Waals surface area contributed by atoms with Crippen LogP contribution in [0.5, 0.6) is 0 Å². The molecule has 2 heterocycles. The fraction of sp³-hybridized carbons (Fsp3) is 0. The predicted octanol–water partition coefficient (Wildman–Crippen LogP) is 4.24. The summed E-state index contributed by atoms with van der Waals surface area (Å²) in [6, 6.07) is 12.9. The molecule has 0 saturated heterocycles. The van der Waals surface area contributed by atoms with Crippen LogP contribution in [0.1, 0.15) is 0 Å². The average molecular weight is 408 g/mol. The number of hydrogen-bond acceptors (Lipinski definition) is 6. The van der Waals surface area contributed by atoms with Crippen LogP contribution in [0.2, 0.25) is 5.02 Å². The molecule has 0 aliphatic carbocycles. The second-order valence-corrected chi connectivity index (χ2v) is 9.09. The zero-order chi connectivity index (χ0) is 17.6. The summed E-state index contributed by atoms with van der Waals surface area (Å²) in [7, 11) is -3.82. The van der Waals surface area contributed by atoms with Crippen LogP contribution in [0.15, 0.2) is 62.0 Å². The first-order chi connectivity index (χ1) is 11.9. The van der Waals surface area contributed by atoms with Gasteiger partial charge in [-0.2, -0.15) is 8.42 Å². The molecule has 5 nitrogen and oxygen atoms in total. The Morgan fingerprint density at radius 2 is 1.88 bits per heavy atom. The van der Waals surface area contributed by atoms with Gasteiger partial charge in [-0.15, -0.1) is 15.7 Å². The molecule has 25 heavy (non-hydrogen) atoms. The first kappa shape index (κ1) is 16.6. The van der Waals surface area contributed by atoms with Crippen molar-refractivity contribution in [2.45, 2.75) is 9.79 Å². The highest BCUT2D eigenvalue weighted by atomic mass is 35.5. The van der Waals surface area contributed by atoms with Crippen LogP contribution >= 0.6 is 34.7 Å². The number of benzene rings is 2. The van der Waals surface area contributed by atoms with Gasteiger partial charge in [-0.1, -0.05) is 53.7 Å². The van der Waals surface area contributed by atoms with E-state index in [0.29, 0.717) is 20.5 Å². The fourth-order valence-electron chi connectivity index (χ4n) is 2.42. The Morgan fingerprint density at radius 3 is 2.64 bits per heavy atom. The summed E-state index contributed by atoms with van der Waals surface area (Å²) in [6.45, 7) is 0. The molecule has 0 saturated carbocycles. The van der Waals surface area contributed by atoms with Crippen molar-refractivity contribution >= 4 is 49.9 Å². The molecule has 1 aliphatic heterocycles. The fourth-order valence-corrected chi connectivity index (χ4v) is 6.01. The summed E-state index contributed by atoms with van der Waals surface area (Å²) in [4.78, 5) is 5.17. The van der Waals surface area contributed by atoms with Gasteiger partial charge < -0.3 is 5.73 Å². The van der Waals surface area contributed by atoms with Crippen molar-refractivity contribution < 1.29 is 8.42 Å². The zero-order valence-electron chi connectivity index (χ0n) is 12.5. The quantitative estimate of drug-likeness (QED) is 0.686. The second-order valence-electron chi connectivity index (χ2n) is 5.19. The van der Waals surface area contributed by atoms with E-state index in [1.165, 1.54) is 17.4 Å². The molecule has 0 amide bonds. The van der Waals surface area contributed by atoms with E-state index in [4.69, 9.17) is 17.3 Å². The standard InChI is InChI=1S/C16H10ClN3O2S3/c17-11-7-13-14(25(21,22)20-16(18)24-13)6-10(11)15-19-12(8-23-15)9-4-2-1-3-5-9/h1-8H,(H2,18,20). The van der Waals surface area contributed by atoms with E-state index in [-0.39, 0.29) is 10.1 Å². The van der Waals surface area contributed by atoms with Gasteiger partial charge in [0.25, 0.3) is 10.0 Å². The lowest BCUT2D eigenvalue weighted by molar-refractivity contribution is 0.596. The van der Waals surface area contributed by atoms with E-state index in [9.17, 15) is 8.42 Å². The highest BCUT2D eigenvalue weighted by Crippen LogP contribution is 2.41. The number of amidine groups is 1. The van der Waals surface area contributed by atoms with Crippen LogP contribution in [-0.2, 0) is 10.0 Å². The Kier molecular flexibility index (Phi) is 4.07. The molecule has 0 fully saturated rings. The Morgan fingerprint density at radius 1 is 1.12 bits per heavy atom. The van der Waals surface area contributed by atoms with E-state index in [0.717, 1.165) is 23.0 Å². The normalized spacial score (nSPS) is 15.5. The number of thioether (sulfide) groups is 1. The lowest BCUT2D eigenvalue weighted by Gasteiger charge is -2.14. The molecule has 126 valence electrons. The van der Waals surface area contributed by atoms with Crippen molar-refractivity contribution in [3.63, 3.8) is 0 Å². The number of aromatic nitrogens is 1. The highest BCUT2D eigenvalue weighted by molar-refractivity contribution is 8.15. The van der Waals surface area contributed by atoms with Gasteiger partial charge in [-0.25, -0.2) is 4.98 Å². The molecule has 0 spiro atoms. The van der Waals surface area contributed by atoms with Crippen molar-refractivity contribution in [1.29, 1.82) is 0 Å². The second kappa shape index (κ2) is 6.14. The van der Waals surface area contributed by atoms with Gasteiger partial charge in [0.2, 0.25) is 0 Å². The molecule has 4 rings (SSSR count). The summed E-state index contributed by atoms with van der Waals surface area (Å²) in [5.74, 6) is 0. The van der Waals surface area contributed by atoms with Gasteiger partial charge in [-0.3, -0.25) is 0 Å². The number of halogens is 1. The van der Waals surface area contributed by atoms with Crippen LogP contribution in [-0.4, -0.2) is 18.6 Å². The molecule has 1 aliphatic rings. The maximum Gasteiger partial charge on any atom is 0.285 e. The predicted molar refractivity (Wildman–Crippen MR) is 103 cm³/mol. The van der Waals surface area contributed by atoms with Crippen molar-refractivity contribution in [1.82, 2.24) is 4.98 Å². The maximum atomic E-state index is 12.3. The Bertz CT molecular complexity index is 1110. The first-order valence-corrected chi connectivity index (χ1v) is 10.6. The highest BCUT2D eigenvalue weighted by Gasteiger charge is 2.27. The van der Waals surface area contributed by atoms with E-state index >= 15 is 0 Å². The van der Waals surface area contributed by atoms with Crippen LogP contribution in [0, 0.1) is 0 Å². The van der Waals surface area contributed by atoms with Gasteiger partial charge in [0.15, 0.2) is 5.17 Å².